The van der Waals surface area contributed by atoms with Gasteiger partial charge in [0.15, 0.2) is 0 Å². The highest BCUT2D eigenvalue weighted by atomic mass is 16.6. The fourth-order valence-electron chi connectivity index (χ4n) is 2.68. The molecule has 132 valence electrons. The third-order valence-electron chi connectivity index (χ3n) is 4.15. The van der Waals surface area contributed by atoms with Crippen molar-refractivity contribution in [3.63, 3.8) is 0 Å². The van der Waals surface area contributed by atoms with Gasteiger partial charge in [0, 0.05) is 23.4 Å². The van der Waals surface area contributed by atoms with E-state index in [1.807, 2.05) is 32.0 Å². The molecule has 0 saturated heterocycles. The molecule has 1 heterocycles. The molecule has 0 aliphatic rings. The minimum Gasteiger partial charge on any atom is -0.461 e. The maximum absolute atomic E-state index is 12.6. The van der Waals surface area contributed by atoms with Crippen molar-refractivity contribution in [1.29, 1.82) is 0 Å². The molecule has 1 N–H and O–H groups in total. The van der Waals surface area contributed by atoms with Crippen molar-refractivity contribution in [2.75, 3.05) is 5.32 Å². The van der Waals surface area contributed by atoms with Crippen LogP contribution in [-0.4, -0.2) is 10.8 Å². The van der Waals surface area contributed by atoms with Gasteiger partial charge in [-0.25, -0.2) is 0 Å². The Morgan fingerprint density at radius 1 is 1.08 bits per heavy atom. The molecule has 3 aromatic rings. The molecule has 0 saturated carbocycles. The van der Waals surface area contributed by atoms with Crippen molar-refractivity contribution in [3.05, 3.63) is 81.1 Å². The number of nitrogens with zero attached hydrogens (tertiary/aromatic N) is 1. The highest BCUT2D eigenvalue weighted by Crippen LogP contribution is 2.29. The number of aryl methyl sites for hydroxylation is 3. The van der Waals surface area contributed by atoms with E-state index >= 15 is 0 Å². The number of furan rings is 1. The number of anilines is 1. The molecule has 0 atom stereocenters. The zero-order valence-electron chi connectivity index (χ0n) is 14.7. The van der Waals surface area contributed by atoms with E-state index in [4.69, 9.17) is 4.42 Å². The third-order valence-corrected chi connectivity index (χ3v) is 4.15. The van der Waals surface area contributed by atoms with Crippen LogP contribution >= 0.6 is 0 Å². The Morgan fingerprint density at radius 3 is 2.58 bits per heavy atom. The van der Waals surface area contributed by atoms with Gasteiger partial charge < -0.3 is 9.73 Å². The molecule has 3 rings (SSSR count). The molecule has 0 fully saturated rings. The van der Waals surface area contributed by atoms with Crippen LogP contribution in [0.25, 0.3) is 11.3 Å². The Morgan fingerprint density at radius 2 is 1.85 bits per heavy atom. The van der Waals surface area contributed by atoms with Crippen molar-refractivity contribution in [2.45, 2.75) is 20.8 Å². The molecule has 0 aliphatic carbocycles. The Bertz CT molecular complexity index is 1000. The summed E-state index contributed by atoms with van der Waals surface area (Å²) >= 11 is 0. The van der Waals surface area contributed by atoms with E-state index < -0.39 is 4.92 Å². The van der Waals surface area contributed by atoms with Gasteiger partial charge in [0.05, 0.1) is 10.5 Å². The molecule has 1 aromatic heterocycles. The van der Waals surface area contributed by atoms with E-state index in [2.05, 4.69) is 5.32 Å². The second kappa shape index (κ2) is 6.84. The summed E-state index contributed by atoms with van der Waals surface area (Å²) < 4.78 is 5.66. The highest BCUT2D eigenvalue weighted by molar-refractivity contribution is 6.06. The lowest BCUT2D eigenvalue weighted by Gasteiger charge is -2.08. The Labute approximate surface area is 150 Å². The number of carbonyl (C=O) groups is 1. The van der Waals surface area contributed by atoms with E-state index in [1.54, 1.807) is 25.1 Å². The molecule has 0 unspecified atom stereocenters. The number of nitro groups is 1. The average molecular weight is 350 g/mol. The molecule has 0 spiro atoms. The first kappa shape index (κ1) is 17.4. The minimum absolute atomic E-state index is 0.0297. The molecule has 2 aromatic carbocycles. The molecular weight excluding hydrogens is 332 g/mol. The van der Waals surface area contributed by atoms with Crippen molar-refractivity contribution in [3.8, 4) is 11.3 Å². The van der Waals surface area contributed by atoms with Gasteiger partial charge in [0.25, 0.3) is 11.6 Å². The number of carbonyl (C=O) groups excluding carboxylic acids is 1. The second-order valence-corrected chi connectivity index (χ2v) is 6.16. The van der Waals surface area contributed by atoms with Crippen LogP contribution in [0.3, 0.4) is 0 Å². The third kappa shape index (κ3) is 3.49. The minimum atomic E-state index is -0.465. The topological polar surface area (TPSA) is 85.4 Å². The lowest BCUT2D eigenvalue weighted by atomic mass is 10.1. The zero-order valence-corrected chi connectivity index (χ0v) is 14.7. The van der Waals surface area contributed by atoms with Crippen LogP contribution in [0.2, 0.25) is 0 Å². The maximum Gasteiger partial charge on any atom is 0.270 e. The molecule has 0 bridgehead atoms. The van der Waals surface area contributed by atoms with Crippen LogP contribution in [0.4, 0.5) is 11.4 Å². The number of hydrogen-bond acceptors (Lipinski definition) is 4. The van der Waals surface area contributed by atoms with Gasteiger partial charge in [0.1, 0.15) is 11.5 Å². The van der Waals surface area contributed by atoms with Gasteiger partial charge in [0.2, 0.25) is 0 Å². The normalized spacial score (nSPS) is 10.6. The Kier molecular flexibility index (Phi) is 4.58. The lowest BCUT2D eigenvalue weighted by molar-refractivity contribution is -0.384. The number of nitro benzene ring substituents is 1. The molecule has 6 heteroatoms. The summed E-state index contributed by atoms with van der Waals surface area (Å²) in [6, 6.07) is 13.6. The number of hydrogen-bond donors (Lipinski definition) is 1. The predicted molar refractivity (Wildman–Crippen MR) is 99.4 cm³/mol. The summed E-state index contributed by atoms with van der Waals surface area (Å²) in [6.45, 7) is 5.57. The summed E-state index contributed by atoms with van der Waals surface area (Å²) in [5.41, 5.74) is 3.67. The summed E-state index contributed by atoms with van der Waals surface area (Å²) in [6.07, 6.45) is 0. The van der Waals surface area contributed by atoms with Crippen LogP contribution in [0.5, 0.6) is 0 Å². The van der Waals surface area contributed by atoms with Crippen molar-refractivity contribution >= 4 is 17.3 Å². The van der Waals surface area contributed by atoms with Crippen molar-refractivity contribution in [2.24, 2.45) is 0 Å². The van der Waals surface area contributed by atoms with Crippen LogP contribution in [0.15, 0.2) is 52.9 Å². The number of non-ortho nitro benzene ring substituents is 1. The Hall–Kier alpha value is -3.41. The lowest BCUT2D eigenvalue weighted by Crippen LogP contribution is -2.13. The van der Waals surface area contributed by atoms with Gasteiger partial charge in [-0.1, -0.05) is 24.3 Å². The first-order valence-electron chi connectivity index (χ1n) is 8.09. The summed E-state index contributed by atoms with van der Waals surface area (Å²) in [5, 5.41) is 13.8. The fraction of sp³-hybridized carbons (Fsp3) is 0.150. The van der Waals surface area contributed by atoms with Crippen molar-refractivity contribution in [1.82, 2.24) is 0 Å². The summed E-state index contributed by atoms with van der Waals surface area (Å²) in [7, 11) is 0. The largest absolute Gasteiger partial charge is 0.461 e. The quantitative estimate of drug-likeness (QED) is 0.528. The maximum atomic E-state index is 12.6. The molecule has 0 radical (unpaired) electrons. The second-order valence-electron chi connectivity index (χ2n) is 6.16. The SMILES string of the molecule is Cc1ccc(C)c(NC(=O)c2cc(-c3cccc([N+](=O)[O-])c3)oc2C)c1. The Balaban J connectivity index is 1.90. The van der Waals surface area contributed by atoms with Crippen LogP contribution in [0, 0.1) is 30.9 Å². The standard InChI is InChI=1S/C20H18N2O4/c1-12-7-8-13(2)18(9-12)21-20(23)17-11-19(26-14(17)3)15-5-4-6-16(10-15)22(24)25/h4-11H,1-3H3,(H,21,23). The predicted octanol–water partition coefficient (Wildman–Crippen LogP) is 5.03. The van der Waals surface area contributed by atoms with Gasteiger partial charge in [-0.05, 0) is 44.0 Å². The van der Waals surface area contributed by atoms with E-state index in [0.717, 1.165) is 16.8 Å². The molecule has 26 heavy (non-hydrogen) atoms. The van der Waals surface area contributed by atoms with Gasteiger partial charge in [-0.2, -0.15) is 0 Å². The average Bonchev–Trinajstić information content (AvgIpc) is 3.00. The number of amides is 1. The van der Waals surface area contributed by atoms with Gasteiger partial charge >= 0.3 is 0 Å². The number of nitrogens with one attached hydrogen (secondary N) is 1. The first-order chi connectivity index (χ1) is 12.3. The fourth-order valence-corrected chi connectivity index (χ4v) is 2.68. The summed E-state index contributed by atoms with van der Waals surface area (Å²) in [5.74, 6) is 0.586. The molecule has 0 aliphatic heterocycles. The molecule has 6 nitrogen and oxygen atoms in total. The number of benzene rings is 2. The van der Waals surface area contributed by atoms with Crippen molar-refractivity contribution < 1.29 is 14.1 Å². The number of rotatable bonds is 4. The zero-order chi connectivity index (χ0) is 18.8. The van der Waals surface area contributed by atoms with Crippen LogP contribution in [-0.2, 0) is 0 Å². The van der Waals surface area contributed by atoms with E-state index in [9.17, 15) is 14.9 Å². The van der Waals surface area contributed by atoms with Crippen LogP contribution in [0.1, 0.15) is 27.2 Å². The van der Waals surface area contributed by atoms with Gasteiger partial charge in [-0.3, -0.25) is 14.9 Å². The monoisotopic (exact) mass is 350 g/mol. The van der Waals surface area contributed by atoms with E-state index in [1.165, 1.54) is 12.1 Å². The van der Waals surface area contributed by atoms with Gasteiger partial charge in [-0.15, -0.1) is 0 Å². The van der Waals surface area contributed by atoms with Crippen LogP contribution < -0.4 is 5.32 Å². The highest BCUT2D eigenvalue weighted by Gasteiger charge is 2.18. The molecular formula is C20H18N2O4. The summed E-state index contributed by atoms with van der Waals surface area (Å²) in [4.78, 5) is 23.1. The van der Waals surface area contributed by atoms with E-state index in [0.29, 0.717) is 22.6 Å². The van der Waals surface area contributed by atoms with E-state index in [-0.39, 0.29) is 11.6 Å². The smallest absolute Gasteiger partial charge is 0.270 e. The first-order valence-corrected chi connectivity index (χ1v) is 8.09. The molecule has 1 amide bonds.